The van der Waals surface area contributed by atoms with Gasteiger partial charge < -0.3 is 9.32 Å². The van der Waals surface area contributed by atoms with Crippen molar-refractivity contribution in [2.45, 2.75) is 44.6 Å². The Hall–Kier alpha value is -2.95. The van der Waals surface area contributed by atoms with E-state index in [2.05, 4.69) is 22.3 Å². The number of benzene rings is 2. The Balaban J connectivity index is 1.50. The van der Waals surface area contributed by atoms with E-state index < -0.39 is 0 Å². The number of aromatic nitrogens is 2. The molecular weight excluding hydrogens is 350 g/mol. The average molecular weight is 375 g/mol. The van der Waals surface area contributed by atoms with Gasteiger partial charge in [-0.15, -0.1) is 10.2 Å². The lowest BCUT2D eigenvalue weighted by Crippen LogP contribution is -2.35. The SMILES string of the molecule is O=C(CCc1ccccc1)N1CCCCCC1c1nnc(-c2ccccc2)o1. The molecule has 1 aliphatic heterocycles. The Morgan fingerprint density at radius 3 is 2.50 bits per heavy atom. The third-order valence-corrected chi connectivity index (χ3v) is 5.29. The molecule has 144 valence electrons. The molecule has 1 fully saturated rings. The number of nitrogens with zero attached hydrogens (tertiary/aromatic N) is 3. The molecule has 4 rings (SSSR count). The molecule has 0 bridgehead atoms. The first-order chi connectivity index (χ1) is 13.8. The van der Waals surface area contributed by atoms with Crippen molar-refractivity contribution >= 4 is 5.91 Å². The number of amides is 1. The molecule has 1 amide bonds. The van der Waals surface area contributed by atoms with Gasteiger partial charge in [0.2, 0.25) is 17.7 Å². The zero-order valence-electron chi connectivity index (χ0n) is 16.0. The van der Waals surface area contributed by atoms with Crippen molar-refractivity contribution in [1.29, 1.82) is 0 Å². The summed E-state index contributed by atoms with van der Waals surface area (Å²) in [5.41, 5.74) is 2.09. The van der Waals surface area contributed by atoms with E-state index in [4.69, 9.17) is 4.42 Å². The predicted octanol–water partition coefficient (Wildman–Crippen LogP) is 4.81. The zero-order chi connectivity index (χ0) is 19.2. The topological polar surface area (TPSA) is 59.2 Å². The van der Waals surface area contributed by atoms with E-state index in [1.54, 1.807) is 0 Å². The number of aryl methyl sites for hydroxylation is 1. The molecule has 1 saturated heterocycles. The summed E-state index contributed by atoms with van der Waals surface area (Å²) in [6.07, 6.45) is 5.33. The average Bonchev–Trinajstić information content (AvgIpc) is 3.11. The molecular formula is C23H25N3O2. The van der Waals surface area contributed by atoms with Gasteiger partial charge in [0.25, 0.3) is 0 Å². The summed E-state index contributed by atoms with van der Waals surface area (Å²) in [7, 11) is 0. The van der Waals surface area contributed by atoms with Crippen LogP contribution in [-0.4, -0.2) is 27.5 Å². The van der Waals surface area contributed by atoms with Crippen molar-refractivity contribution < 1.29 is 9.21 Å². The van der Waals surface area contributed by atoms with Crippen molar-refractivity contribution in [3.05, 3.63) is 72.1 Å². The first-order valence-corrected chi connectivity index (χ1v) is 10.0. The van der Waals surface area contributed by atoms with Crippen LogP contribution in [-0.2, 0) is 11.2 Å². The lowest BCUT2D eigenvalue weighted by atomic mass is 10.1. The second-order valence-corrected chi connectivity index (χ2v) is 7.25. The first-order valence-electron chi connectivity index (χ1n) is 10.0. The number of likely N-dealkylation sites (tertiary alicyclic amines) is 1. The van der Waals surface area contributed by atoms with Gasteiger partial charge in [-0.1, -0.05) is 61.4 Å². The molecule has 5 heteroatoms. The third-order valence-electron chi connectivity index (χ3n) is 5.29. The maximum absolute atomic E-state index is 13.0. The Bertz CT molecular complexity index is 892. The lowest BCUT2D eigenvalue weighted by molar-refractivity contribution is -0.134. The van der Waals surface area contributed by atoms with Crippen LogP contribution in [0, 0.1) is 0 Å². The third kappa shape index (κ3) is 4.30. The van der Waals surface area contributed by atoms with Gasteiger partial charge >= 0.3 is 0 Å². The summed E-state index contributed by atoms with van der Waals surface area (Å²) in [5.74, 6) is 1.22. The largest absolute Gasteiger partial charge is 0.418 e. The zero-order valence-corrected chi connectivity index (χ0v) is 16.0. The Labute approximate surface area is 165 Å². The summed E-state index contributed by atoms with van der Waals surface area (Å²) >= 11 is 0. The van der Waals surface area contributed by atoms with Crippen molar-refractivity contribution in [2.24, 2.45) is 0 Å². The normalized spacial score (nSPS) is 17.3. The van der Waals surface area contributed by atoms with Gasteiger partial charge in [0.15, 0.2) is 0 Å². The number of carbonyl (C=O) groups excluding carboxylic acids is 1. The smallest absolute Gasteiger partial charge is 0.247 e. The van der Waals surface area contributed by atoms with Gasteiger partial charge in [0, 0.05) is 18.5 Å². The van der Waals surface area contributed by atoms with Crippen LogP contribution in [0.2, 0.25) is 0 Å². The molecule has 0 N–H and O–H groups in total. The first kappa shape index (κ1) is 18.4. The van der Waals surface area contributed by atoms with E-state index in [9.17, 15) is 4.79 Å². The summed E-state index contributed by atoms with van der Waals surface area (Å²) in [6.45, 7) is 0.751. The molecule has 0 aliphatic carbocycles. The van der Waals surface area contributed by atoms with Gasteiger partial charge in [-0.25, -0.2) is 0 Å². The fourth-order valence-electron chi connectivity index (χ4n) is 3.77. The maximum atomic E-state index is 13.0. The van der Waals surface area contributed by atoms with Crippen LogP contribution < -0.4 is 0 Å². The van der Waals surface area contributed by atoms with Crippen LogP contribution in [0.1, 0.15) is 49.6 Å². The number of hydrogen-bond acceptors (Lipinski definition) is 4. The van der Waals surface area contributed by atoms with E-state index in [0.717, 1.165) is 44.2 Å². The summed E-state index contributed by atoms with van der Waals surface area (Å²) < 4.78 is 5.99. The van der Waals surface area contributed by atoms with Crippen molar-refractivity contribution in [2.75, 3.05) is 6.54 Å². The van der Waals surface area contributed by atoms with E-state index in [1.807, 2.05) is 53.4 Å². The Kier molecular flexibility index (Phi) is 5.80. The van der Waals surface area contributed by atoms with Gasteiger partial charge in [-0.3, -0.25) is 4.79 Å². The van der Waals surface area contributed by atoms with Gasteiger partial charge in [-0.05, 0) is 37.0 Å². The van der Waals surface area contributed by atoms with Crippen LogP contribution in [0.3, 0.4) is 0 Å². The minimum Gasteiger partial charge on any atom is -0.418 e. The van der Waals surface area contributed by atoms with Crippen LogP contribution >= 0.6 is 0 Å². The van der Waals surface area contributed by atoms with Crippen LogP contribution in [0.15, 0.2) is 65.1 Å². The second kappa shape index (κ2) is 8.83. The van der Waals surface area contributed by atoms with Crippen molar-refractivity contribution in [1.82, 2.24) is 15.1 Å². The van der Waals surface area contributed by atoms with Crippen LogP contribution in [0.5, 0.6) is 0 Å². The van der Waals surface area contributed by atoms with Crippen LogP contribution in [0.4, 0.5) is 0 Å². The fraction of sp³-hybridized carbons (Fsp3) is 0.348. The number of carbonyl (C=O) groups is 1. The van der Waals surface area contributed by atoms with Crippen molar-refractivity contribution in [3.63, 3.8) is 0 Å². The lowest BCUT2D eigenvalue weighted by Gasteiger charge is -2.27. The number of rotatable bonds is 5. The molecule has 1 aromatic heterocycles. The van der Waals surface area contributed by atoms with E-state index in [-0.39, 0.29) is 11.9 Å². The van der Waals surface area contributed by atoms with Crippen molar-refractivity contribution in [3.8, 4) is 11.5 Å². The molecule has 0 spiro atoms. The summed E-state index contributed by atoms with van der Waals surface area (Å²) in [5, 5.41) is 8.52. The molecule has 0 saturated carbocycles. The molecule has 1 unspecified atom stereocenters. The highest BCUT2D eigenvalue weighted by molar-refractivity contribution is 5.77. The predicted molar refractivity (Wildman–Crippen MR) is 107 cm³/mol. The minimum absolute atomic E-state index is 0.129. The molecule has 0 radical (unpaired) electrons. The van der Waals surface area contributed by atoms with E-state index >= 15 is 0 Å². The Morgan fingerprint density at radius 2 is 1.71 bits per heavy atom. The molecule has 2 aromatic carbocycles. The summed E-state index contributed by atoms with van der Waals surface area (Å²) in [4.78, 5) is 15.0. The highest BCUT2D eigenvalue weighted by Crippen LogP contribution is 2.31. The Morgan fingerprint density at radius 1 is 0.964 bits per heavy atom. The molecule has 28 heavy (non-hydrogen) atoms. The monoisotopic (exact) mass is 375 g/mol. The molecule has 5 nitrogen and oxygen atoms in total. The number of hydrogen-bond donors (Lipinski definition) is 0. The highest BCUT2D eigenvalue weighted by Gasteiger charge is 2.30. The minimum atomic E-state index is -0.129. The van der Waals surface area contributed by atoms with Crippen LogP contribution in [0.25, 0.3) is 11.5 Å². The second-order valence-electron chi connectivity index (χ2n) is 7.25. The molecule has 1 atom stereocenters. The standard InChI is InChI=1S/C23H25N3O2/c27-21(16-15-18-10-4-1-5-11-18)26-17-9-3-8-14-20(26)23-25-24-22(28-23)19-12-6-2-7-13-19/h1-2,4-7,10-13,20H,3,8-9,14-17H2. The maximum Gasteiger partial charge on any atom is 0.247 e. The van der Waals surface area contributed by atoms with E-state index in [1.165, 1.54) is 5.56 Å². The summed E-state index contributed by atoms with van der Waals surface area (Å²) in [6, 6.07) is 19.8. The van der Waals surface area contributed by atoms with E-state index in [0.29, 0.717) is 18.2 Å². The molecule has 2 heterocycles. The quantitative estimate of drug-likeness (QED) is 0.642. The molecule has 3 aromatic rings. The highest BCUT2D eigenvalue weighted by atomic mass is 16.4. The van der Waals surface area contributed by atoms with Gasteiger partial charge in [0.1, 0.15) is 6.04 Å². The van der Waals surface area contributed by atoms with Gasteiger partial charge in [-0.2, -0.15) is 0 Å². The molecule has 1 aliphatic rings. The fourth-order valence-corrected chi connectivity index (χ4v) is 3.77. The van der Waals surface area contributed by atoms with Gasteiger partial charge in [0.05, 0.1) is 0 Å².